The van der Waals surface area contributed by atoms with Crippen molar-refractivity contribution in [2.24, 2.45) is 0 Å². The van der Waals surface area contributed by atoms with E-state index in [1.54, 1.807) is 11.8 Å². The molecule has 2 nitrogen and oxygen atoms in total. The van der Waals surface area contributed by atoms with E-state index in [1.165, 1.54) is 5.56 Å². The molecule has 0 bridgehead atoms. The van der Waals surface area contributed by atoms with Gasteiger partial charge in [0.15, 0.2) is 0 Å². The Labute approximate surface area is 127 Å². The van der Waals surface area contributed by atoms with Crippen molar-refractivity contribution in [3.05, 3.63) is 64.7 Å². The number of rotatable bonds is 2. The number of benzene rings is 2. The molecule has 1 saturated heterocycles. The molecule has 0 radical (unpaired) electrons. The van der Waals surface area contributed by atoms with E-state index in [4.69, 9.17) is 11.6 Å². The molecule has 1 atom stereocenters. The largest absolute Gasteiger partial charge is 0.295 e. The Balaban J connectivity index is 1.98. The summed E-state index contributed by atoms with van der Waals surface area (Å²) in [5.74, 6) is 0.633. The molecule has 102 valence electrons. The Kier molecular flexibility index (Phi) is 3.72. The third-order valence-corrected chi connectivity index (χ3v) is 4.76. The zero-order valence-electron chi connectivity index (χ0n) is 11.0. The first-order valence-corrected chi connectivity index (χ1v) is 7.83. The van der Waals surface area contributed by atoms with E-state index in [9.17, 15) is 4.79 Å². The molecule has 1 aliphatic heterocycles. The molecule has 2 aromatic carbocycles. The van der Waals surface area contributed by atoms with Crippen molar-refractivity contribution in [3.8, 4) is 0 Å². The smallest absolute Gasteiger partial charge is 0.238 e. The maximum atomic E-state index is 12.2. The summed E-state index contributed by atoms with van der Waals surface area (Å²) in [4.78, 5) is 14.0. The number of halogens is 1. The topological polar surface area (TPSA) is 20.3 Å². The molecule has 0 saturated carbocycles. The summed E-state index contributed by atoms with van der Waals surface area (Å²) < 4.78 is 0. The maximum Gasteiger partial charge on any atom is 0.238 e. The zero-order chi connectivity index (χ0) is 14.1. The van der Waals surface area contributed by atoms with Crippen LogP contribution in [0.25, 0.3) is 0 Å². The second-order valence-electron chi connectivity index (χ2n) is 4.82. The zero-order valence-corrected chi connectivity index (χ0v) is 12.6. The van der Waals surface area contributed by atoms with E-state index < -0.39 is 0 Å². The van der Waals surface area contributed by atoms with Gasteiger partial charge in [-0.15, -0.1) is 11.8 Å². The lowest BCUT2D eigenvalue weighted by Crippen LogP contribution is -2.27. The number of amides is 1. The van der Waals surface area contributed by atoms with Crippen LogP contribution in [0.3, 0.4) is 0 Å². The Bertz CT molecular complexity index is 641. The molecule has 4 heteroatoms. The van der Waals surface area contributed by atoms with Crippen LogP contribution in [0, 0.1) is 6.92 Å². The molecule has 20 heavy (non-hydrogen) atoms. The van der Waals surface area contributed by atoms with Gasteiger partial charge in [-0.05, 0) is 30.7 Å². The van der Waals surface area contributed by atoms with Crippen molar-refractivity contribution in [3.63, 3.8) is 0 Å². The van der Waals surface area contributed by atoms with Crippen LogP contribution in [0.2, 0.25) is 5.02 Å². The first-order valence-electron chi connectivity index (χ1n) is 6.41. The Morgan fingerprint density at radius 1 is 1.20 bits per heavy atom. The minimum absolute atomic E-state index is 0.0292. The molecule has 0 aliphatic carbocycles. The van der Waals surface area contributed by atoms with Gasteiger partial charge in [0.25, 0.3) is 0 Å². The van der Waals surface area contributed by atoms with Crippen molar-refractivity contribution in [2.75, 3.05) is 10.7 Å². The molecule has 1 unspecified atom stereocenters. The average Bonchev–Trinajstić information content (AvgIpc) is 2.81. The van der Waals surface area contributed by atoms with E-state index in [0.29, 0.717) is 10.8 Å². The number of anilines is 1. The molecule has 1 amide bonds. The summed E-state index contributed by atoms with van der Waals surface area (Å²) in [6.45, 7) is 2.06. The van der Waals surface area contributed by atoms with E-state index in [2.05, 4.69) is 31.2 Å². The molecule has 1 heterocycles. The van der Waals surface area contributed by atoms with Crippen LogP contribution in [0.4, 0.5) is 5.69 Å². The van der Waals surface area contributed by atoms with Gasteiger partial charge in [-0.25, -0.2) is 0 Å². The summed E-state index contributed by atoms with van der Waals surface area (Å²) in [5, 5.41) is 0.677. The lowest BCUT2D eigenvalue weighted by Gasteiger charge is -2.24. The number of hydrogen-bond acceptors (Lipinski definition) is 2. The molecule has 0 spiro atoms. The first-order chi connectivity index (χ1) is 9.65. The monoisotopic (exact) mass is 303 g/mol. The second kappa shape index (κ2) is 5.51. The van der Waals surface area contributed by atoms with Crippen LogP contribution in [0.15, 0.2) is 48.5 Å². The fourth-order valence-electron chi connectivity index (χ4n) is 2.31. The van der Waals surface area contributed by atoms with Gasteiger partial charge >= 0.3 is 0 Å². The third-order valence-electron chi connectivity index (χ3n) is 3.32. The molecule has 0 N–H and O–H groups in total. The Morgan fingerprint density at radius 3 is 2.65 bits per heavy atom. The van der Waals surface area contributed by atoms with Gasteiger partial charge in [0.2, 0.25) is 5.91 Å². The number of thioether (sulfide) groups is 1. The lowest BCUT2D eigenvalue weighted by molar-refractivity contribution is -0.115. The van der Waals surface area contributed by atoms with Gasteiger partial charge in [-0.2, -0.15) is 0 Å². The van der Waals surface area contributed by atoms with E-state index in [-0.39, 0.29) is 11.3 Å². The van der Waals surface area contributed by atoms with Gasteiger partial charge in [-0.3, -0.25) is 9.69 Å². The van der Waals surface area contributed by atoms with Crippen LogP contribution in [0.1, 0.15) is 16.5 Å². The maximum absolute atomic E-state index is 12.2. The van der Waals surface area contributed by atoms with Gasteiger partial charge in [0.05, 0.1) is 5.75 Å². The molecular formula is C16H14ClNOS. The summed E-state index contributed by atoms with van der Waals surface area (Å²) >= 11 is 7.69. The number of aryl methyl sites for hydroxylation is 1. The molecule has 1 aliphatic rings. The number of carbonyl (C=O) groups excluding carboxylic acids is 1. The van der Waals surface area contributed by atoms with E-state index in [1.807, 2.05) is 29.2 Å². The van der Waals surface area contributed by atoms with Crippen LogP contribution in [-0.4, -0.2) is 11.7 Å². The summed E-state index contributed by atoms with van der Waals surface area (Å²) in [6, 6.07) is 15.8. The van der Waals surface area contributed by atoms with Gasteiger partial charge in [0, 0.05) is 10.7 Å². The number of hydrogen-bond donors (Lipinski definition) is 0. The second-order valence-corrected chi connectivity index (χ2v) is 6.32. The van der Waals surface area contributed by atoms with Crippen molar-refractivity contribution in [1.82, 2.24) is 0 Å². The van der Waals surface area contributed by atoms with Gasteiger partial charge in [-0.1, -0.05) is 47.5 Å². The van der Waals surface area contributed by atoms with Crippen molar-refractivity contribution >= 4 is 35.0 Å². The SMILES string of the molecule is Cc1ccc(C2SCC(=O)N2c2cccc(Cl)c2)cc1. The number of carbonyl (C=O) groups is 1. The van der Waals surface area contributed by atoms with Crippen molar-refractivity contribution < 1.29 is 4.79 Å². The molecule has 3 rings (SSSR count). The lowest BCUT2D eigenvalue weighted by atomic mass is 10.1. The van der Waals surface area contributed by atoms with E-state index >= 15 is 0 Å². The quantitative estimate of drug-likeness (QED) is 0.818. The summed E-state index contributed by atoms with van der Waals surface area (Å²) in [7, 11) is 0. The first kappa shape index (κ1) is 13.5. The average molecular weight is 304 g/mol. The molecule has 0 aromatic heterocycles. The van der Waals surface area contributed by atoms with Gasteiger partial charge in [0.1, 0.15) is 5.37 Å². The normalized spacial score (nSPS) is 18.6. The third kappa shape index (κ3) is 2.56. The molecule has 1 fully saturated rings. The number of nitrogens with zero attached hydrogens (tertiary/aromatic N) is 1. The summed E-state index contributed by atoms with van der Waals surface area (Å²) in [5.41, 5.74) is 3.22. The predicted molar refractivity (Wildman–Crippen MR) is 85.3 cm³/mol. The van der Waals surface area contributed by atoms with Crippen LogP contribution in [0.5, 0.6) is 0 Å². The minimum Gasteiger partial charge on any atom is -0.295 e. The molecule has 2 aromatic rings. The van der Waals surface area contributed by atoms with Crippen LogP contribution < -0.4 is 4.90 Å². The fourth-order valence-corrected chi connectivity index (χ4v) is 3.67. The Hall–Kier alpha value is -1.45. The highest BCUT2D eigenvalue weighted by atomic mass is 35.5. The minimum atomic E-state index is 0.0292. The van der Waals surface area contributed by atoms with Crippen LogP contribution >= 0.6 is 23.4 Å². The van der Waals surface area contributed by atoms with Crippen LogP contribution in [-0.2, 0) is 4.79 Å². The standard InChI is InChI=1S/C16H14ClNOS/c1-11-5-7-12(8-6-11)16-18(15(19)10-20-16)14-4-2-3-13(17)9-14/h2-9,16H,10H2,1H3. The Morgan fingerprint density at radius 2 is 1.95 bits per heavy atom. The predicted octanol–water partition coefficient (Wildman–Crippen LogP) is 4.43. The van der Waals surface area contributed by atoms with E-state index in [0.717, 1.165) is 11.3 Å². The highest BCUT2D eigenvalue weighted by Gasteiger charge is 2.33. The van der Waals surface area contributed by atoms with Gasteiger partial charge < -0.3 is 0 Å². The fraction of sp³-hybridized carbons (Fsp3) is 0.188. The highest BCUT2D eigenvalue weighted by molar-refractivity contribution is 8.00. The highest BCUT2D eigenvalue weighted by Crippen LogP contribution is 2.42. The molecular weight excluding hydrogens is 290 g/mol. The van der Waals surface area contributed by atoms with Crippen molar-refractivity contribution in [2.45, 2.75) is 12.3 Å². The summed E-state index contributed by atoms with van der Waals surface area (Å²) in [6.07, 6.45) is 0. The van der Waals surface area contributed by atoms with Crippen molar-refractivity contribution in [1.29, 1.82) is 0 Å².